The van der Waals surface area contributed by atoms with Crippen molar-refractivity contribution in [1.29, 1.82) is 0 Å². The summed E-state index contributed by atoms with van der Waals surface area (Å²) in [6.07, 6.45) is -24.7. The fourth-order valence-electron chi connectivity index (χ4n) is 11.0. The van der Waals surface area contributed by atoms with Crippen LogP contribution in [0.5, 0.6) is 0 Å². The molecule has 8 rings (SSSR count). The molecule has 0 amide bonds. The Bertz CT molecular complexity index is 3330. The first-order valence-corrected chi connectivity index (χ1v) is 29.6. The minimum Gasteiger partial charge on any atom is -0.465 e. The molecule has 4 aromatic carbocycles. The van der Waals surface area contributed by atoms with Crippen LogP contribution >= 0.6 is 0 Å². The Kier molecular flexibility index (Phi) is 23.9. The normalized spacial score (nSPS) is 27.4. The van der Waals surface area contributed by atoms with Crippen molar-refractivity contribution in [2.24, 2.45) is 0 Å². The number of methoxy groups -OCH3 is 2. The molecule has 0 radical (unpaired) electrons. The molecular weight excluding hydrogens is 1240 g/mol. The van der Waals surface area contributed by atoms with Crippen LogP contribution in [0.2, 0.25) is 0 Å². The topological polar surface area (TPSA) is 337 Å². The van der Waals surface area contributed by atoms with Crippen LogP contribution in [0, 0.1) is 0 Å². The molecule has 0 aliphatic carbocycles. The summed E-state index contributed by atoms with van der Waals surface area (Å²) < 4.78 is 111. The maximum atomic E-state index is 15.3. The third-order valence-corrected chi connectivity index (χ3v) is 14.9. The molecule has 4 heterocycles. The first-order chi connectivity index (χ1) is 44.9. The van der Waals surface area contributed by atoms with E-state index in [9.17, 15) is 43.2 Å². The van der Waals surface area contributed by atoms with Crippen LogP contribution in [0.3, 0.4) is 0 Å². The Morgan fingerprint density at radius 3 is 1.44 bits per heavy atom. The quantitative estimate of drug-likeness (QED) is 0.0451. The highest BCUT2D eigenvalue weighted by molar-refractivity contribution is 5.91. The number of fused-ring (bicyclic) bond motifs is 1. The molecule has 4 aromatic rings. The van der Waals surface area contributed by atoms with Crippen LogP contribution < -0.4 is 0 Å². The molecule has 15 atom stereocenters. The van der Waals surface area contributed by atoms with Crippen molar-refractivity contribution in [3.05, 3.63) is 156 Å². The van der Waals surface area contributed by atoms with Crippen molar-refractivity contribution in [2.75, 3.05) is 40.6 Å². The summed E-state index contributed by atoms with van der Waals surface area (Å²) in [5.74, 6) is -17.8. The van der Waals surface area contributed by atoms with Gasteiger partial charge in [-0.2, -0.15) is 0 Å². The van der Waals surface area contributed by atoms with E-state index in [-0.39, 0.29) is 22.3 Å². The van der Waals surface area contributed by atoms with Crippen molar-refractivity contribution in [3.8, 4) is 0 Å². The molecule has 4 fully saturated rings. The third kappa shape index (κ3) is 17.6. The molecule has 0 saturated carbocycles. The second-order valence-corrected chi connectivity index (χ2v) is 22.2. The lowest BCUT2D eigenvalue weighted by molar-refractivity contribution is -0.393. The van der Waals surface area contributed by atoms with Gasteiger partial charge in [-0.1, -0.05) is 78.9 Å². The Labute approximate surface area is 539 Å². The summed E-state index contributed by atoms with van der Waals surface area (Å²) in [7, 11) is 1.93. The van der Waals surface area contributed by atoms with Crippen LogP contribution in [0.25, 0.3) is 0 Å². The minimum absolute atomic E-state index is 0.0103. The number of benzene rings is 4. The van der Waals surface area contributed by atoms with Crippen molar-refractivity contribution in [1.82, 2.24) is 0 Å². The monoisotopic (exact) mass is 1310 g/mol. The van der Waals surface area contributed by atoms with Gasteiger partial charge in [-0.3, -0.25) is 19.2 Å². The lowest BCUT2D eigenvalue weighted by atomic mass is 9.89. The van der Waals surface area contributed by atoms with Crippen LogP contribution in [0.1, 0.15) is 95.8 Å². The van der Waals surface area contributed by atoms with E-state index in [1.165, 1.54) is 80.6 Å². The average molecular weight is 1310 g/mol. The first kappa shape index (κ1) is 70.9. The smallest absolute Gasteiger partial charge is 0.366 e. The predicted molar refractivity (Wildman–Crippen MR) is 315 cm³/mol. The predicted octanol–water partition coefficient (Wildman–Crippen LogP) is 5.04. The zero-order valence-corrected chi connectivity index (χ0v) is 52.5. The van der Waals surface area contributed by atoms with Gasteiger partial charge in [0.25, 0.3) is 11.6 Å². The van der Waals surface area contributed by atoms with Gasteiger partial charge in [-0.15, -0.1) is 6.58 Å². The van der Waals surface area contributed by atoms with Gasteiger partial charge in [0.15, 0.2) is 42.6 Å². The van der Waals surface area contributed by atoms with E-state index in [0.717, 1.165) is 41.9 Å². The summed E-state index contributed by atoms with van der Waals surface area (Å²) in [6.45, 7) is 7.72. The molecule has 4 aliphatic rings. The molecule has 0 N–H and O–H groups in total. The Hall–Kier alpha value is -9.00. The zero-order valence-electron chi connectivity index (χ0n) is 52.5. The summed E-state index contributed by atoms with van der Waals surface area (Å²) >= 11 is 0. The number of esters is 10. The van der Waals surface area contributed by atoms with E-state index in [0.29, 0.717) is 0 Å². The van der Waals surface area contributed by atoms with E-state index in [1.807, 2.05) is 0 Å². The van der Waals surface area contributed by atoms with Crippen LogP contribution in [0.4, 0.5) is 0 Å². The molecule has 28 heteroatoms. The van der Waals surface area contributed by atoms with Gasteiger partial charge in [0.2, 0.25) is 0 Å². The summed E-state index contributed by atoms with van der Waals surface area (Å²) in [5, 5.41) is 0. The van der Waals surface area contributed by atoms with Gasteiger partial charge in [-0.25, -0.2) is 28.8 Å². The number of carbonyl (C=O) groups excluding carboxylic acids is 10. The highest BCUT2D eigenvalue weighted by atomic mass is 16.8. The summed E-state index contributed by atoms with van der Waals surface area (Å²) in [6, 6.07) is 30.4. The summed E-state index contributed by atoms with van der Waals surface area (Å²) in [5.41, 5.74) is 0.0547. The standard InChI is InChI=1S/C66H72O28/c1-10-31-82-65(62(75)77-8)32-45(91-66(63(76)78-9)33-46-52(92-64(6,7)90-46)54(94-66)49(87-60(74)44-29-21-14-22-30-44)36-81-58(72)42-25-17-12-18-26-42)50(53(93-65)48(86-59(73)43-27-19-13-20-28-43)35-80-57(71)41-23-15-11-16-24-41)89-61-56(85-40(5)70)55(84-39(4)69)51(83-38(3)68)47(88-61)34-79-37(2)67/h10-30,45-56,61H,1,31-36H2,2-9H3/t45-,46-,47?,48-,49-,50-,51?,52-,53-,54-,55?,56?,61?,65-,66-/m1/s1. The van der Waals surface area contributed by atoms with Crippen molar-refractivity contribution in [2.45, 2.75) is 151 Å². The molecular formula is C66H72O28. The Balaban J connectivity index is 1.36. The van der Waals surface area contributed by atoms with Crippen molar-refractivity contribution in [3.63, 3.8) is 0 Å². The fourth-order valence-corrected chi connectivity index (χ4v) is 11.0. The largest absolute Gasteiger partial charge is 0.465 e. The highest BCUT2D eigenvalue weighted by Crippen LogP contribution is 2.48. The second-order valence-electron chi connectivity index (χ2n) is 22.2. The highest BCUT2D eigenvalue weighted by Gasteiger charge is 2.66. The second kappa shape index (κ2) is 31.8. The fraction of sp³-hybridized carbons (Fsp3) is 0.455. The lowest BCUT2D eigenvalue weighted by Gasteiger charge is -2.52. The molecule has 5 unspecified atom stereocenters. The van der Waals surface area contributed by atoms with E-state index in [2.05, 4.69) is 6.58 Å². The maximum absolute atomic E-state index is 15.3. The van der Waals surface area contributed by atoms with Gasteiger partial charge < -0.3 is 85.3 Å². The molecule has 504 valence electrons. The van der Waals surface area contributed by atoms with E-state index in [4.69, 9.17) is 85.3 Å². The molecule has 0 spiro atoms. The lowest BCUT2D eigenvalue weighted by Crippen LogP contribution is -2.70. The SMILES string of the molecule is C=CCO[C@]1(C(=O)OC)C[C@@H](O[C@]2(C(=O)OC)C[C@H]3OC(C)(C)O[C@H]3[C@@H]([C@@H](COC(=O)c3ccccc3)OC(=O)c3ccccc3)O2)[C@@H](OC2OC(COC(C)=O)C(OC(C)=O)C(OC(C)=O)C2OC(C)=O)[C@@H]([C@@H](COC(=O)c2ccccc2)OC(=O)c2ccccc2)O1. The van der Waals surface area contributed by atoms with E-state index < -0.39 is 196 Å². The van der Waals surface area contributed by atoms with Crippen molar-refractivity contribution >= 4 is 59.7 Å². The zero-order chi connectivity index (χ0) is 67.9. The van der Waals surface area contributed by atoms with Gasteiger partial charge in [0.1, 0.15) is 50.3 Å². The van der Waals surface area contributed by atoms with E-state index in [1.54, 1.807) is 60.7 Å². The molecule has 94 heavy (non-hydrogen) atoms. The molecule has 0 aromatic heterocycles. The molecule has 4 aliphatic heterocycles. The maximum Gasteiger partial charge on any atom is 0.366 e. The summed E-state index contributed by atoms with van der Waals surface area (Å²) in [4.78, 5) is 139. The van der Waals surface area contributed by atoms with Crippen LogP contribution in [0.15, 0.2) is 134 Å². The third-order valence-electron chi connectivity index (χ3n) is 14.9. The molecule has 4 saturated heterocycles. The van der Waals surface area contributed by atoms with Crippen LogP contribution in [-0.2, 0) is 114 Å². The first-order valence-electron chi connectivity index (χ1n) is 29.6. The number of rotatable bonds is 26. The molecule has 28 nitrogen and oxygen atoms in total. The average Bonchev–Trinajstić information content (AvgIpc) is 1.28. The number of hydrogen-bond acceptors (Lipinski definition) is 28. The Morgan fingerprint density at radius 1 is 0.521 bits per heavy atom. The number of ether oxygens (including phenoxy) is 18. The number of hydrogen-bond donors (Lipinski definition) is 0. The molecule has 0 bridgehead atoms. The minimum atomic E-state index is -2.93. The van der Waals surface area contributed by atoms with Crippen molar-refractivity contribution < 1.29 is 133 Å². The van der Waals surface area contributed by atoms with Crippen LogP contribution in [-0.4, -0.2) is 197 Å². The van der Waals surface area contributed by atoms with Gasteiger partial charge in [0.05, 0.1) is 55.3 Å². The van der Waals surface area contributed by atoms with Gasteiger partial charge in [0, 0.05) is 40.5 Å². The van der Waals surface area contributed by atoms with Gasteiger partial charge in [-0.05, 0) is 62.4 Å². The Morgan fingerprint density at radius 2 is 0.968 bits per heavy atom. The number of carbonyl (C=O) groups is 10. The van der Waals surface area contributed by atoms with E-state index >= 15 is 4.79 Å². The van der Waals surface area contributed by atoms with Gasteiger partial charge >= 0.3 is 59.7 Å².